The number of H-pyrrole nitrogens is 2. The molecule has 0 unspecified atom stereocenters. The number of carbonyl (C=O) groups excluding carboxylic acids is 1. The fourth-order valence-corrected chi connectivity index (χ4v) is 3.31. The lowest BCUT2D eigenvalue weighted by Crippen LogP contribution is -2.17. The van der Waals surface area contributed by atoms with Gasteiger partial charge in [0.1, 0.15) is 5.69 Å². The molecule has 0 spiro atoms. The summed E-state index contributed by atoms with van der Waals surface area (Å²) in [5.74, 6) is -0.161. The standard InChI is InChI=1S/C22H19N7O/c1-12(2)22(30)26-15-5-14(8-24-9-15)17-7-16-20(11-25-17)28-29-21(16)18-6-13-3-4-23-10-19(13)27-18/h3-12,27H,1-2H3,(H,26,30)(H,28,29). The van der Waals surface area contributed by atoms with Crippen molar-refractivity contribution >= 4 is 33.4 Å². The van der Waals surface area contributed by atoms with Crippen molar-refractivity contribution in [3.8, 4) is 22.6 Å². The van der Waals surface area contributed by atoms with Crippen molar-refractivity contribution in [1.29, 1.82) is 0 Å². The Morgan fingerprint density at radius 2 is 1.93 bits per heavy atom. The molecule has 0 aliphatic heterocycles. The Morgan fingerprint density at radius 3 is 2.77 bits per heavy atom. The van der Waals surface area contributed by atoms with Crippen molar-refractivity contribution in [1.82, 2.24) is 30.1 Å². The Morgan fingerprint density at radius 1 is 1.03 bits per heavy atom. The largest absolute Gasteiger partial charge is 0.352 e. The van der Waals surface area contributed by atoms with Gasteiger partial charge in [0.05, 0.1) is 46.7 Å². The van der Waals surface area contributed by atoms with Gasteiger partial charge in [-0.05, 0) is 24.3 Å². The Bertz CT molecular complexity index is 1350. The zero-order chi connectivity index (χ0) is 20.7. The number of anilines is 1. The van der Waals surface area contributed by atoms with Crippen LogP contribution >= 0.6 is 0 Å². The highest BCUT2D eigenvalue weighted by atomic mass is 16.1. The highest BCUT2D eigenvalue weighted by molar-refractivity contribution is 5.97. The van der Waals surface area contributed by atoms with Crippen molar-refractivity contribution in [3.63, 3.8) is 0 Å². The van der Waals surface area contributed by atoms with Gasteiger partial charge >= 0.3 is 0 Å². The number of carbonyl (C=O) groups is 1. The van der Waals surface area contributed by atoms with E-state index in [2.05, 4.69) is 41.5 Å². The molecule has 30 heavy (non-hydrogen) atoms. The maximum atomic E-state index is 12.0. The van der Waals surface area contributed by atoms with Gasteiger partial charge in [-0.15, -0.1) is 0 Å². The zero-order valence-electron chi connectivity index (χ0n) is 16.5. The SMILES string of the molecule is CC(C)C(=O)Nc1cncc(-c2cc3c(-c4cc5ccncc5[nH]4)n[nH]c3cn2)c1. The summed E-state index contributed by atoms with van der Waals surface area (Å²) >= 11 is 0. The molecule has 3 N–H and O–H groups in total. The van der Waals surface area contributed by atoms with E-state index in [0.717, 1.165) is 44.5 Å². The second kappa shape index (κ2) is 7.07. The molecule has 0 aliphatic carbocycles. The number of nitrogens with one attached hydrogen (secondary N) is 3. The maximum Gasteiger partial charge on any atom is 0.226 e. The molecular weight excluding hydrogens is 378 g/mol. The smallest absolute Gasteiger partial charge is 0.226 e. The molecule has 148 valence electrons. The molecule has 0 radical (unpaired) electrons. The van der Waals surface area contributed by atoms with Crippen LogP contribution in [0.3, 0.4) is 0 Å². The number of pyridine rings is 3. The van der Waals surface area contributed by atoms with Gasteiger partial charge in [-0.25, -0.2) is 0 Å². The molecule has 0 saturated heterocycles. The minimum atomic E-state index is -0.108. The molecule has 8 heteroatoms. The number of nitrogens with zero attached hydrogens (tertiary/aromatic N) is 4. The first-order valence-electron chi connectivity index (χ1n) is 9.62. The summed E-state index contributed by atoms with van der Waals surface area (Å²) < 4.78 is 0. The van der Waals surface area contributed by atoms with E-state index in [-0.39, 0.29) is 11.8 Å². The van der Waals surface area contributed by atoms with Crippen LogP contribution < -0.4 is 5.32 Å². The van der Waals surface area contributed by atoms with Crippen LogP contribution in [0.25, 0.3) is 44.5 Å². The molecule has 0 atom stereocenters. The minimum Gasteiger partial charge on any atom is -0.352 e. The van der Waals surface area contributed by atoms with Gasteiger partial charge in [0, 0.05) is 34.6 Å². The third kappa shape index (κ3) is 3.18. The minimum absolute atomic E-state index is 0.0530. The molecule has 5 aromatic rings. The first kappa shape index (κ1) is 18.0. The monoisotopic (exact) mass is 397 g/mol. The van der Waals surface area contributed by atoms with Crippen LogP contribution in [0, 0.1) is 5.92 Å². The van der Waals surface area contributed by atoms with Crippen LogP contribution in [0.2, 0.25) is 0 Å². The van der Waals surface area contributed by atoms with E-state index in [4.69, 9.17) is 0 Å². The van der Waals surface area contributed by atoms with Crippen LogP contribution in [-0.4, -0.2) is 36.0 Å². The van der Waals surface area contributed by atoms with Crippen molar-refractivity contribution < 1.29 is 4.79 Å². The molecule has 0 aromatic carbocycles. The van der Waals surface area contributed by atoms with E-state index in [0.29, 0.717) is 5.69 Å². The van der Waals surface area contributed by atoms with Gasteiger partial charge in [-0.1, -0.05) is 13.8 Å². The Balaban J connectivity index is 1.55. The summed E-state index contributed by atoms with van der Waals surface area (Å²) in [5, 5.41) is 12.4. The molecule has 5 rings (SSSR count). The van der Waals surface area contributed by atoms with Crippen LogP contribution in [0.5, 0.6) is 0 Å². The topological polar surface area (TPSA) is 112 Å². The lowest BCUT2D eigenvalue weighted by molar-refractivity contribution is -0.118. The lowest BCUT2D eigenvalue weighted by Gasteiger charge is -2.08. The number of aromatic amines is 2. The molecule has 1 amide bonds. The van der Waals surface area contributed by atoms with E-state index >= 15 is 0 Å². The van der Waals surface area contributed by atoms with Crippen molar-refractivity contribution in [2.75, 3.05) is 5.32 Å². The number of fused-ring (bicyclic) bond motifs is 2. The predicted molar refractivity (Wildman–Crippen MR) is 116 cm³/mol. The van der Waals surface area contributed by atoms with Crippen LogP contribution in [-0.2, 0) is 4.79 Å². The molecule has 5 heterocycles. The van der Waals surface area contributed by atoms with Gasteiger partial charge in [0.25, 0.3) is 0 Å². The Labute approximate surface area is 171 Å². The van der Waals surface area contributed by atoms with E-state index < -0.39 is 0 Å². The summed E-state index contributed by atoms with van der Waals surface area (Å²) in [4.78, 5) is 28.3. The van der Waals surface area contributed by atoms with E-state index in [9.17, 15) is 4.79 Å². The highest BCUT2D eigenvalue weighted by Crippen LogP contribution is 2.30. The summed E-state index contributed by atoms with van der Waals surface area (Å²) in [7, 11) is 0. The number of amides is 1. The molecule has 0 saturated carbocycles. The van der Waals surface area contributed by atoms with E-state index in [1.54, 1.807) is 31.0 Å². The zero-order valence-corrected chi connectivity index (χ0v) is 16.5. The molecule has 8 nitrogen and oxygen atoms in total. The first-order valence-corrected chi connectivity index (χ1v) is 9.62. The summed E-state index contributed by atoms with van der Waals surface area (Å²) in [6.07, 6.45) is 8.67. The molecular formula is C22H19N7O. The fourth-order valence-electron chi connectivity index (χ4n) is 3.31. The first-order chi connectivity index (χ1) is 14.6. The summed E-state index contributed by atoms with van der Waals surface area (Å²) in [6.45, 7) is 3.70. The average molecular weight is 397 g/mol. The van der Waals surface area contributed by atoms with Crippen LogP contribution in [0.4, 0.5) is 5.69 Å². The highest BCUT2D eigenvalue weighted by Gasteiger charge is 2.14. The van der Waals surface area contributed by atoms with Gasteiger partial charge in [0.2, 0.25) is 5.91 Å². The van der Waals surface area contributed by atoms with Crippen molar-refractivity contribution in [2.45, 2.75) is 13.8 Å². The van der Waals surface area contributed by atoms with Gasteiger partial charge < -0.3 is 10.3 Å². The number of hydrogen-bond acceptors (Lipinski definition) is 5. The number of hydrogen-bond donors (Lipinski definition) is 3. The summed E-state index contributed by atoms with van der Waals surface area (Å²) in [5.41, 5.74) is 5.70. The van der Waals surface area contributed by atoms with Gasteiger partial charge in [-0.3, -0.25) is 24.8 Å². The van der Waals surface area contributed by atoms with Gasteiger partial charge in [-0.2, -0.15) is 5.10 Å². The third-order valence-corrected chi connectivity index (χ3v) is 4.95. The second-order valence-electron chi connectivity index (χ2n) is 7.44. The third-order valence-electron chi connectivity index (χ3n) is 4.95. The molecule has 0 aliphatic rings. The Hall–Kier alpha value is -4.07. The fraction of sp³-hybridized carbons (Fsp3) is 0.136. The lowest BCUT2D eigenvalue weighted by atomic mass is 10.1. The number of rotatable bonds is 4. The normalized spacial score (nSPS) is 11.4. The average Bonchev–Trinajstić information content (AvgIpc) is 3.37. The van der Waals surface area contributed by atoms with Crippen LogP contribution in [0.1, 0.15) is 13.8 Å². The quantitative estimate of drug-likeness (QED) is 0.422. The summed E-state index contributed by atoms with van der Waals surface area (Å²) in [6, 6.07) is 7.86. The van der Waals surface area contributed by atoms with E-state index in [1.807, 2.05) is 32.0 Å². The van der Waals surface area contributed by atoms with Crippen LogP contribution in [0.15, 0.2) is 55.2 Å². The molecule has 0 fully saturated rings. The van der Waals surface area contributed by atoms with Crippen molar-refractivity contribution in [3.05, 3.63) is 55.2 Å². The van der Waals surface area contributed by atoms with Gasteiger partial charge in [0.15, 0.2) is 0 Å². The molecule has 0 bridgehead atoms. The number of aromatic nitrogens is 6. The van der Waals surface area contributed by atoms with E-state index in [1.165, 1.54) is 0 Å². The van der Waals surface area contributed by atoms with Crippen molar-refractivity contribution in [2.24, 2.45) is 5.92 Å². The molecule has 5 aromatic heterocycles. The predicted octanol–water partition coefficient (Wildman–Crippen LogP) is 4.16. The Kier molecular flexibility index (Phi) is 4.24. The second-order valence-corrected chi connectivity index (χ2v) is 7.44. The maximum absolute atomic E-state index is 12.0.